The zero-order chi connectivity index (χ0) is 9.83. The molecule has 70 valence electrons. The number of nitrogens with two attached hydrogens (primary N) is 3. The van der Waals surface area contributed by atoms with Gasteiger partial charge >= 0.3 is 0 Å². The summed E-state index contributed by atoms with van der Waals surface area (Å²) in [6, 6.07) is 0. The van der Waals surface area contributed by atoms with Gasteiger partial charge in [0.2, 0.25) is 7.37 Å². The van der Waals surface area contributed by atoms with E-state index < -0.39 is 13.2 Å². The van der Waals surface area contributed by atoms with E-state index in [1.54, 1.807) is 0 Å². The fourth-order valence-electron chi connectivity index (χ4n) is 0.393. The van der Waals surface area contributed by atoms with Gasteiger partial charge in [-0.1, -0.05) is 13.2 Å². The van der Waals surface area contributed by atoms with E-state index >= 15 is 0 Å². The molecule has 0 atom stereocenters. The Hall–Kier alpha value is -0.450. The van der Waals surface area contributed by atoms with Gasteiger partial charge in [-0.25, -0.2) is 0 Å². The fourth-order valence-corrected chi connectivity index (χ4v) is 1.18. The maximum absolute atomic E-state index is 11.4. The number of hydrogen-bond acceptors (Lipinski definition) is 5. The monoisotopic (exact) mass is 191 g/mol. The number of hydrogen-bond donors (Lipinski definition) is 3. The van der Waals surface area contributed by atoms with Crippen molar-refractivity contribution >= 4 is 7.37 Å². The normalized spacial score (nSPS) is 12.6. The Morgan fingerprint density at radius 1 is 1.33 bits per heavy atom. The summed E-state index contributed by atoms with van der Waals surface area (Å²) in [5.41, 5.74) is 15.6. The average Bonchev–Trinajstić information content (AvgIpc) is 1.99. The first-order valence-corrected chi connectivity index (χ1v) is 4.97. The Morgan fingerprint density at radius 3 is 2.00 bits per heavy atom. The second kappa shape index (κ2) is 3.98. The first-order chi connectivity index (χ1) is 5.33. The highest BCUT2D eigenvalue weighted by atomic mass is 31.2. The van der Waals surface area contributed by atoms with Crippen LogP contribution in [0.25, 0.3) is 0 Å². The third kappa shape index (κ3) is 4.43. The summed E-state index contributed by atoms with van der Waals surface area (Å²) >= 11 is 0. The zero-order valence-electron chi connectivity index (χ0n) is 6.77. The van der Waals surface area contributed by atoms with Crippen molar-refractivity contribution < 1.29 is 9.09 Å². The van der Waals surface area contributed by atoms with Crippen molar-refractivity contribution in [1.29, 1.82) is 0 Å². The Morgan fingerprint density at radius 2 is 1.75 bits per heavy atom. The molecule has 6 heteroatoms. The number of rotatable bonds is 5. The molecule has 0 saturated heterocycles. The quantitative estimate of drug-likeness (QED) is 0.422. The zero-order valence-corrected chi connectivity index (χ0v) is 7.67. The van der Waals surface area contributed by atoms with Crippen molar-refractivity contribution in [3.8, 4) is 0 Å². The van der Waals surface area contributed by atoms with Gasteiger partial charge in [0.25, 0.3) is 0 Å². The van der Waals surface area contributed by atoms with Crippen LogP contribution in [0.4, 0.5) is 0 Å². The molecule has 5 nitrogen and oxygen atoms in total. The smallest absolute Gasteiger partial charge is 0.246 e. The summed E-state index contributed by atoms with van der Waals surface area (Å²) in [5.74, 6) is 0.832. The summed E-state index contributed by atoms with van der Waals surface area (Å²) in [7, 11) is -2.99. The Bertz CT molecular complexity index is 209. The van der Waals surface area contributed by atoms with Crippen LogP contribution < -0.4 is 17.2 Å². The van der Waals surface area contributed by atoms with Crippen LogP contribution in [0.1, 0.15) is 0 Å². The van der Waals surface area contributed by atoms with Crippen molar-refractivity contribution in [3.63, 3.8) is 0 Å². The van der Waals surface area contributed by atoms with Gasteiger partial charge in [0, 0.05) is 0 Å². The minimum absolute atomic E-state index is 0.220. The molecule has 0 fully saturated rings. The highest BCUT2D eigenvalue weighted by Crippen LogP contribution is 2.48. The minimum Gasteiger partial charge on any atom is -0.318 e. The Labute approximate surface area is 71.7 Å². The molecule has 0 unspecified atom stereocenters. The molecular weight excluding hydrogens is 177 g/mol. The molecule has 12 heavy (non-hydrogen) atoms. The van der Waals surface area contributed by atoms with Gasteiger partial charge in [0.15, 0.2) is 0 Å². The lowest BCUT2D eigenvalue weighted by Crippen LogP contribution is -2.61. The van der Waals surface area contributed by atoms with E-state index in [-0.39, 0.29) is 6.61 Å². The predicted octanol–water partition coefficient (Wildman–Crippen LogP) is 0.0980. The van der Waals surface area contributed by atoms with Crippen LogP contribution in [-0.4, -0.2) is 12.4 Å². The van der Waals surface area contributed by atoms with Crippen LogP contribution in [0.2, 0.25) is 0 Å². The van der Waals surface area contributed by atoms with E-state index in [4.69, 9.17) is 21.7 Å². The summed E-state index contributed by atoms with van der Waals surface area (Å²) in [6.07, 6.45) is 0. The van der Waals surface area contributed by atoms with Crippen LogP contribution in [0.5, 0.6) is 0 Å². The highest BCUT2D eigenvalue weighted by molar-refractivity contribution is 7.65. The van der Waals surface area contributed by atoms with Crippen LogP contribution in [0, 0.1) is 0 Å². The molecule has 0 aliphatic heterocycles. The Balaban J connectivity index is 4.17. The average molecular weight is 191 g/mol. The van der Waals surface area contributed by atoms with E-state index in [2.05, 4.69) is 13.2 Å². The highest BCUT2D eigenvalue weighted by Gasteiger charge is 2.19. The van der Waals surface area contributed by atoms with Gasteiger partial charge in [-0.05, 0) is 11.6 Å². The van der Waals surface area contributed by atoms with Gasteiger partial charge in [-0.2, -0.15) is 0 Å². The largest absolute Gasteiger partial charge is 0.318 e. The van der Waals surface area contributed by atoms with Gasteiger partial charge in [-0.15, -0.1) is 0 Å². The second-order valence-electron chi connectivity index (χ2n) is 2.40. The van der Waals surface area contributed by atoms with Gasteiger partial charge in [0.05, 0.1) is 6.61 Å². The van der Waals surface area contributed by atoms with Crippen molar-refractivity contribution in [2.24, 2.45) is 17.2 Å². The molecular formula is C6H14N3O2P. The van der Waals surface area contributed by atoms with Crippen LogP contribution >= 0.6 is 7.37 Å². The van der Waals surface area contributed by atoms with Crippen LogP contribution in [0.3, 0.4) is 0 Å². The molecule has 0 aliphatic carbocycles. The molecule has 0 amide bonds. The summed E-state index contributed by atoms with van der Waals surface area (Å²) in [5, 5.41) is 0. The van der Waals surface area contributed by atoms with E-state index in [9.17, 15) is 4.57 Å². The molecule has 0 rings (SSSR count). The molecule has 0 aromatic heterocycles. The van der Waals surface area contributed by atoms with Crippen LogP contribution in [0.15, 0.2) is 24.8 Å². The minimum atomic E-state index is -2.99. The lowest BCUT2D eigenvalue weighted by atomic mass is 10.4. The van der Waals surface area contributed by atoms with Gasteiger partial charge < -0.3 is 4.52 Å². The third-order valence-corrected chi connectivity index (χ3v) is 2.58. The maximum atomic E-state index is 11.4. The lowest BCUT2D eigenvalue weighted by molar-refractivity contribution is 0.234. The predicted molar refractivity (Wildman–Crippen MR) is 49.2 cm³/mol. The first-order valence-electron chi connectivity index (χ1n) is 3.21. The third-order valence-electron chi connectivity index (χ3n) is 1.03. The van der Waals surface area contributed by atoms with Gasteiger partial charge in [-0.3, -0.25) is 21.8 Å². The molecule has 0 saturated carbocycles. The SMILES string of the molecule is C=CP(=O)(C=C)OCC(N)(N)N. The topological polar surface area (TPSA) is 104 Å². The van der Waals surface area contributed by atoms with Crippen molar-refractivity contribution in [2.75, 3.05) is 6.61 Å². The maximum Gasteiger partial charge on any atom is 0.246 e. The van der Waals surface area contributed by atoms with E-state index in [1.807, 2.05) is 0 Å². The summed E-state index contributed by atoms with van der Waals surface area (Å²) in [4.78, 5) is 0. The molecule has 0 heterocycles. The van der Waals surface area contributed by atoms with E-state index in [0.29, 0.717) is 0 Å². The lowest BCUT2D eigenvalue weighted by Gasteiger charge is -2.20. The van der Waals surface area contributed by atoms with Crippen molar-refractivity contribution in [1.82, 2.24) is 0 Å². The molecule has 0 aliphatic rings. The van der Waals surface area contributed by atoms with Crippen LogP contribution in [-0.2, 0) is 9.09 Å². The molecule has 0 spiro atoms. The fraction of sp³-hybridized carbons (Fsp3) is 0.333. The first kappa shape index (κ1) is 11.6. The summed E-state index contributed by atoms with van der Waals surface area (Å²) in [6.45, 7) is 6.43. The molecule has 0 bridgehead atoms. The summed E-state index contributed by atoms with van der Waals surface area (Å²) < 4.78 is 16.2. The molecule has 6 N–H and O–H groups in total. The molecule has 0 aromatic carbocycles. The molecule has 0 radical (unpaired) electrons. The van der Waals surface area contributed by atoms with Crippen molar-refractivity contribution in [3.05, 3.63) is 24.8 Å². The van der Waals surface area contributed by atoms with E-state index in [0.717, 1.165) is 11.6 Å². The van der Waals surface area contributed by atoms with Gasteiger partial charge in [0.1, 0.15) is 5.79 Å². The Kier molecular flexibility index (Phi) is 3.83. The molecule has 0 aromatic rings. The van der Waals surface area contributed by atoms with Crippen molar-refractivity contribution in [2.45, 2.75) is 5.79 Å². The van der Waals surface area contributed by atoms with E-state index in [1.165, 1.54) is 0 Å². The standard InChI is InChI=1S/C6H14N3O2P/c1-3-12(10,4-2)11-5-6(7,8)9/h3-4H,1-2,5,7-9H2. The second-order valence-corrected chi connectivity index (χ2v) is 4.68.